The second kappa shape index (κ2) is 11.2. The van der Waals surface area contributed by atoms with E-state index in [0.29, 0.717) is 43.6 Å². The van der Waals surface area contributed by atoms with Crippen LogP contribution in [0.1, 0.15) is 33.6 Å². The number of pyridine rings is 1. The molecule has 9 nitrogen and oxygen atoms in total. The number of ether oxygens (including phenoxy) is 2. The molecule has 1 aromatic carbocycles. The van der Waals surface area contributed by atoms with Gasteiger partial charge in [-0.1, -0.05) is 18.2 Å². The van der Waals surface area contributed by atoms with Gasteiger partial charge >= 0.3 is 5.97 Å². The topological polar surface area (TPSA) is 95.7 Å². The molecule has 1 aliphatic heterocycles. The van der Waals surface area contributed by atoms with Crippen molar-refractivity contribution in [3.63, 3.8) is 0 Å². The number of carbonyl (C=O) groups excluding carboxylic acids is 2. The molecular formula is C26H29FN4O5. The minimum atomic E-state index is -0.629. The Labute approximate surface area is 208 Å². The molecule has 0 unspecified atom stereocenters. The summed E-state index contributed by atoms with van der Waals surface area (Å²) in [5.41, 5.74) is 1.76. The van der Waals surface area contributed by atoms with Crippen molar-refractivity contribution >= 4 is 11.9 Å². The predicted octanol–water partition coefficient (Wildman–Crippen LogP) is 2.15. The highest BCUT2D eigenvalue weighted by Gasteiger charge is 2.27. The standard InChI is InChI=1S/C26H29FN4O5/c1-29-17-18(16-28-29)7-8-23(32)30-11-9-21-25(26(34)35-2)22(15-24(33)31(21)13-12-30)36-14-10-19-5-3-4-6-20(19)27/h3-6,15-17H,7-14H2,1-2H3. The second-order valence-corrected chi connectivity index (χ2v) is 8.65. The number of halogens is 1. The Hall–Kier alpha value is -3.95. The first-order valence-electron chi connectivity index (χ1n) is 11.8. The zero-order valence-electron chi connectivity index (χ0n) is 20.4. The highest BCUT2D eigenvalue weighted by atomic mass is 19.1. The fraction of sp³-hybridized carbons (Fsp3) is 0.385. The van der Waals surface area contributed by atoms with E-state index in [1.807, 2.05) is 13.2 Å². The maximum Gasteiger partial charge on any atom is 0.343 e. The molecule has 4 rings (SSSR count). The molecule has 1 amide bonds. The molecule has 36 heavy (non-hydrogen) atoms. The number of methoxy groups -OCH3 is 1. The molecule has 0 spiro atoms. The van der Waals surface area contributed by atoms with Gasteiger partial charge in [0.15, 0.2) is 0 Å². The molecule has 0 saturated carbocycles. The Kier molecular flexibility index (Phi) is 7.82. The summed E-state index contributed by atoms with van der Waals surface area (Å²) in [6, 6.07) is 7.63. The van der Waals surface area contributed by atoms with E-state index in [2.05, 4.69) is 5.10 Å². The number of carbonyl (C=O) groups is 2. The first-order chi connectivity index (χ1) is 17.4. The number of esters is 1. The van der Waals surface area contributed by atoms with Crippen LogP contribution in [0, 0.1) is 5.82 Å². The molecule has 0 saturated heterocycles. The van der Waals surface area contributed by atoms with Crippen LogP contribution in [-0.2, 0) is 42.4 Å². The smallest absolute Gasteiger partial charge is 0.343 e. The predicted molar refractivity (Wildman–Crippen MR) is 129 cm³/mol. The van der Waals surface area contributed by atoms with Crippen LogP contribution in [-0.4, -0.2) is 57.9 Å². The third kappa shape index (κ3) is 5.64. The minimum absolute atomic E-state index is 0.0271. The Morgan fingerprint density at radius 1 is 1.14 bits per heavy atom. The van der Waals surface area contributed by atoms with Gasteiger partial charge < -0.3 is 18.9 Å². The molecule has 0 N–H and O–H groups in total. The highest BCUT2D eigenvalue weighted by molar-refractivity contribution is 5.93. The van der Waals surface area contributed by atoms with Crippen LogP contribution in [0.15, 0.2) is 47.5 Å². The third-order valence-electron chi connectivity index (χ3n) is 6.31. The van der Waals surface area contributed by atoms with Gasteiger partial charge in [-0.15, -0.1) is 0 Å². The second-order valence-electron chi connectivity index (χ2n) is 8.65. The fourth-order valence-electron chi connectivity index (χ4n) is 4.42. The van der Waals surface area contributed by atoms with Crippen molar-refractivity contribution in [2.24, 2.45) is 7.05 Å². The number of fused-ring (bicyclic) bond motifs is 1. The summed E-state index contributed by atoms with van der Waals surface area (Å²) in [5.74, 6) is -0.896. The molecule has 190 valence electrons. The molecule has 3 aromatic rings. The van der Waals surface area contributed by atoms with Gasteiger partial charge in [0.2, 0.25) is 5.91 Å². The Morgan fingerprint density at radius 2 is 1.94 bits per heavy atom. The lowest BCUT2D eigenvalue weighted by Gasteiger charge is -2.19. The van der Waals surface area contributed by atoms with E-state index < -0.39 is 5.97 Å². The van der Waals surface area contributed by atoms with Gasteiger partial charge in [-0.3, -0.25) is 14.3 Å². The molecule has 0 bridgehead atoms. The van der Waals surface area contributed by atoms with E-state index in [0.717, 1.165) is 5.56 Å². The van der Waals surface area contributed by atoms with Crippen molar-refractivity contribution in [2.75, 3.05) is 26.8 Å². The molecule has 10 heteroatoms. The molecule has 0 fully saturated rings. The van der Waals surface area contributed by atoms with Gasteiger partial charge in [0.25, 0.3) is 5.56 Å². The lowest BCUT2D eigenvalue weighted by molar-refractivity contribution is -0.131. The van der Waals surface area contributed by atoms with Crippen molar-refractivity contribution in [3.05, 3.63) is 81.3 Å². The van der Waals surface area contributed by atoms with Gasteiger partial charge in [-0.05, 0) is 23.6 Å². The van der Waals surface area contributed by atoms with Crippen LogP contribution in [0.5, 0.6) is 5.75 Å². The van der Waals surface area contributed by atoms with E-state index in [1.54, 1.807) is 34.0 Å². The average molecular weight is 497 g/mol. The summed E-state index contributed by atoms with van der Waals surface area (Å²) >= 11 is 0. The molecule has 0 atom stereocenters. The number of hydrogen-bond donors (Lipinski definition) is 0. The maximum absolute atomic E-state index is 13.9. The zero-order chi connectivity index (χ0) is 25.7. The number of hydrogen-bond acceptors (Lipinski definition) is 6. The van der Waals surface area contributed by atoms with E-state index in [9.17, 15) is 18.8 Å². The van der Waals surface area contributed by atoms with Crippen molar-refractivity contribution in [3.8, 4) is 5.75 Å². The first kappa shape index (κ1) is 25.2. The van der Waals surface area contributed by atoms with Gasteiger partial charge in [0.1, 0.15) is 17.1 Å². The molecule has 0 aliphatic carbocycles. The number of nitrogens with zero attached hydrogens (tertiary/aromatic N) is 4. The average Bonchev–Trinajstić information content (AvgIpc) is 3.15. The summed E-state index contributed by atoms with van der Waals surface area (Å²) in [6.07, 6.45) is 5.07. The van der Waals surface area contributed by atoms with Crippen LogP contribution in [0.25, 0.3) is 0 Å². The summed E-state index contributed by atoms with van der Waals surface area (Å²) < 4.78 is 27.9. The quantitative estimate of drug-likeness (QED) is 0.444. The van der Waals surface area contributed by atoms with Crippen LogP contribution < -0.4 is 10.3 Å². The molecule has 1 aliphatic rings. The Balaban J connectivity index is 1.50. The van der Waals surface area contributed by atoms with Crippen LogP contribution in [0.2, 0.25) is 0 Å². The summed E-state index contributed by atoms with van der Waals surface area (Å²) in [4.78, 5) is 40.3. The van der Waals surface area contributed by atoms with Crippen molar-refractivity contribution in [1.82, 2.24) is 19.2 Å². The van der Waals surface area contributed by atoms with Crippen molar-refractivity contribution in [2.45, 2.75) is 32.2 Å². The minimum Gasteiger partial charge on any atom is -0.492 e. The van der Waals surface area contributed by atoms with Crippen molar-refractivity contribution in [1.29, 1.82) is 0 Å². The summed E-state index contributed by atoms with van der Waals surface area (Å²) in [7, 11) is 3.09. The van der Waals surface area contributed by atoms with Gasteiger partial charge in [-0.2, -0.15) is 5.10 Å². The highest BCUT2D eigenvalue weighted by Crippen LogP contribution is 2.24. The molecular weight excluding hydrogens is 467 g/mol. The normalized spacial score (nSPS) is 13.1. The zero-order valence-corrected chi connectivity index (χ0v) is 20.4. The number of amides is 1. The number of aryl methyl sites for hydroxylation is 2. The number of benzene rings is 1. The van der Waals surface area contributed by atoms with Crippen LogP contribution in [0.4, 0.5) is 4.39 Å². The van der Waals surface area contributed by atoms with E-state index in [4.69, 9.17) is 9.47 Å². The van der Waals surface area contributed by atoms with E-state index >= 15 is 0 Å². The fourth-order valence-corrected chi connectivity index (χ4v) is 4.42. The van der Waals surface area contributed by atoms with Crippen molar-refractivity contribution < 1.29 is 23.5 Å². The summed E-state index contributed by atoms with van der Waals surface area (Å²) in [5, 5.41) is 4.12. The SMILES string of the molecule is COC(=O)c1c(OCCc2ccccc2F)cc(=O)n2c1CCN(C(=O)CCc1cnn(C)c1)CC2. The molecule has 2 aromatic heterocycles. The Morgan fingerprint density at radius 3 is 2.67 bits per heavy atom. The third-order valence-corrected chi connectivity index (χ3v) is 6.31. The van der Waals surface area contributed by atoms with Gasteiger partial charge in [-0.25, -0.2) is 9.18 Å². The first-order valence-corrected chi connectivity index (χ1v) is 11.8. The maximum atomic E-state index is 13.9. The number of rotatable bonds is 8. The van der Waals surface area contributed by atoms with E-state index in [1.165, 1.54) is 23.8 Å². The van der Waals surface area contributed by atoms with Gasteiger partial charge in [0.05, 0.1) is 19.9 Å². The largest absolute Gasteiger partial charge is 0.492 e. The van der Waals surface area contributed by atoms with Crippen LogP contribution in [0.3, 0.4) is 0 Å². The Bertz CT molecular complexity index is 1320. The van der Waals surface area contributed by atoms with Gasteiger partial charge in [0, 0.05) is 63.9 Å². The molecule has 3 heterocycles. The lowest BCUT2D eigenvalue weighted by atomic mass is 10.1. The van der Waals surface area contributed by atoms with E-state index in [-0.39, 0.29) is 48.2 Å². The lowest BCUT2D eigenvalue weighted by Crippen LogP contribution is -2.34. The van der Waals surface area contributed by atoms with Crippen LogP contribution >= 0.6 is 0 Å². The summed E-state index contributed by atoms with van der Waals surface area (Å²) in [6.45, 7) is 1.04. The number of aromatic nitrogens is 3. The monoisotopic (exact) mass is 496 g/mol. The molecule has 0 radical (unpaired) electrons.